The van der Waals surface area contributed by atoms with E-state index in [9.17, 15) is 5.11 Å². The molecular weight excluding hydrogens is 370 g/mol. The van der Waals surface area contributed by atoms with Crippen LogP contribution >= 0.6 is 11.3 Å². The lowest BCUT2D eigenvalue weighted by Gasteiger charge is -2.37. The quantitative estimate of drug-likeness (QED) is 0.424. The summed E-state index contributed by atoms with van der Waals surface area (Å²) in [5, 5.41) is 16.9. The van der Waals surface area contributed by atoms with Crippen LogP contribution in [0.4, 0.5) is 5.69 Å². The number of rotatable bonds is 7. The first-order valence-corrected chi connectivity index (χ1v) is 11.0. The zero-order chi connectivity index (χ0) is 19.8. The molecular formula is C21H31N5OS. The first-order chi connectivity index (χ1) is 13.7. The molecule has 1 fully saturated rings. The maximum Gasteiger partial charge on any atom is 0.194 e. The fraction of sp³-hybridized carbons (Fsp3) is 0.524. The number of para-hydroxylation sites is 2. The Morgan fingerprint density at radius 1 is 1.21 bits per heavy atom. The van der Waals surface area contributed by atoms with Crippen LogP contribution in [0.15, 0.2) is 34.6 Å². The van der Waals surface area contributed by atoms with Crippen LogP contribution in [-0.2, 0) is 6.42 Å². The molecule has 7 heteroatoms. The van der Waals surface area contributed by atoms with Crippen molar-refractivity contribution in [3.05, 3.63) is 40.3 Å². The molecule has 0 bridgehead atoms. The molecule has 0 unspecified atom stereocenters. The number of benzene rings is 1. The highest BCUT2D eigenvalue weighted by atomic mass is 32.1. The van der Waals surface area contributed by atoms with Crippen molar-refractivity contribution in [1.29, 1.82) is 0 Å². The van der Waals surface area contributed by atoms with Gasteiger partial charge in [-0.05, 0) is 45.2 Å². The van der Waals surface area contributed by atoms with Gasteiger partial charge in [-0.2, -0.15) is 0 Å². The van der Waals surface area contributed by atoms with Gasteiger partial charge in [0.2, 0.25) is 0 Å². The van der Waals surface area contributed by atoms with Gasteiger partial charge in [0.25, 0.3) is 0 Å². The summed E-state index contributed by atoms with van der Waals surface area (Å²) in [4.78, 5) is 13.9. The molecule has 3 rings (SSSR count). The normalized spacial score (nSPS) is 15.1. The van der Waals surface area contributed by atoms with Crippen LogP contribution < -0.4 is 10.2 Å². The highest BCUT2D eigenvalue weighted by molar-refractivity contribution is 7.09. The minimum Gasteiger partial charge on any atom is -0.506 e. The Kier molecular flexibility index (Phi) is 7.54. The number of unbranched alkanes of at least 4 members (excludes halogenated alkanes) is 1. The topological polar surface area (TPSA) is 64.0 Å². The van der Waals surface area contributed by atoms with E-state index in [0.29, 0.717) is 5.75 Å². The molecule has 2 heterocycles. The fourth-order valence-corrected chi connectivity index (χ4v) is 4.23. The molecule has 0 aliphatic carbocycles. The molecule has 1 aromatic carbocycles. The van der Waals surface area contributed by atoms with Gasteiger partial charge in [-0.25, -0.2) is 4.98 Å². The molecule has 0 atom stereocenters. The van der Waals surface area contributed by atoms with E-state index in [-0.39, 0.29) is 0 Å². The van der Waals surface area contributed by atoms with Gasteiger partial charge in [0.1, 0.15) is 5.75 Å². The third kappa shape index (κ3) is 5.61. The van der Waals surface area contributed by atoms with Crippen molar-refractivity contribution >= 4 is 23.0 Å². The monoisotopic (exact) mass is 401 g/mol. The maximum absolute atomic E-state index is 10.1. The zero-order valence-corrected chi connectivity index (χ0v) is 17.7. The van der Waals surface area contributed by atoms with Gasteiger partial charge in [-0.3, -0.25) is 4.99 Å². The number of aromatic hydroxyl groups is 1. The van der Waals surface area contributed by atoms with E-state index in [2.05, 4.69) is 32.4 Å². The lowest BCUT2D eigenvalue weighted by Crippen LogP contribution is -2.52. The van der Waals surface area contributed by atoms with E-state index in [1.807, 2.05) is 25.1 Å². The second-order valence-electron chi connectivity index (χ2n) is 7.04. The van der Waals surface area contributed by atoms with Crippen molar-refractivity contribution in [1.82, 2.24) is 15.2 Å². The van der Waals surface area contributed by atoms with Gasteiger partial charge in [0.05, 0.1) is 10.7 Å². The summed E-state index contributed by atoms with van der Waals surface area (Å²) in [6.45, 7) is 9.43. The molecule has 0 radical (unpaired) electrons. The molecule has 6 nitrogen and oxygen atoms in total. The summed E-state index contributed by atoms with van der Waals surface area (Å²) in [5.74, 6) is 1.36. The average molecular weight is 402 g/mol. The number of phenols is 1. The lowest BCUT2D eigenvalue weighted by molar-refractivity contribution is 0.369. The van der Waals surface area contributed by atoms with Gasteiger partial charge in [-0.1, -0.05) is 12.1 Å². The third-order valence-corrected chi connectivity index (χ3v) is 5.89. The molecule has 0 saturated carbocycles. The van der Waals surface area contributed by atoms with E-state index in [0.717, 1.165) is 75.9 Å². The van der Waals surface area contributed by atoms with Gasteiger partial charge in [0.15, 0.2) is 5.96 Å². The highest BCUT2D eigenvalue weighted by Crippen LogP contribution is 2.27. The third-order valence-electron chi connectivity index (χ3n) is 4.86. The van der Waals surface area contributed by atoms with Gasteiger partial charge in [0, 0.05) is 50.3 Å². The average Bonchev–Trinajstić information content (AvgIpc) is 3.12. The van der Waals surface area contributed by atoms with Crippen LogP contribution in [0.3, 0.4) is 0 Å². The van der Waals surface area contributed by atoms with Crippen LogP contribution in [0.2, 0.25) is 0 Å². The Bertz CT molecular complexity index is 768. The maximum atomic E-state index is 10.1. The molecule has 1 aliphatic rings. The Hall–Kier alpha value is -2.28. The predicted molar refractivity (Wildman–Crippen MR) is 118 cm³/mol. The van der Waals surface area contributed by atoms with E-state index >= 15 is 0 Å². The van der Waals surface area contributed by atoms with Crippen LogP contribution in [0.1, 0.15) is 30.5 Å². The summed E-state index contributed by atoms with van der Waals surface area (Å²) < 4.78 is 0. The van der Waals surface area contributed by atoms with Crippen molar-refractivity contribution in [2.45, 2.75) is 33.1 Å². The molecule has 0 amide bonds. The summed E-state index contributed by atoms with van der Waals surface area (Å²) in [6, 6.07) is 7.56. The van der Waals surface area contributed by atoms with E-state index in [4.69, 9.17) is 4.99 Å². The second kappa shape index (κ2) is 10.3. The van der Waals surface area contributed by atoms with Gasteiger partial charge in [-0.15, -0.1) is 11.3 Å². The zero-order valence-electron chi connectivity index (χ0n) is 16.9. The first-order valence-electron chi connectivity index (χ1n) is 10.1. The molecule has 2 N–H and O–H groups in total. The largest absolute Gasteiger partial charge is 0.506 e. The second-order valence-corrected chi connectivity index (χ2v) is 7.98. The molecule has 1 aromatic heterocycles. The lowest BCUT2D eigenvalue weighted by atomic mass is 10.2. The number of anilines is 1. The fourth-order valence-electron chi connectivity index (χ4n) is 3.41. The number of aryl methyl sites for hydroxylation is 2. The van der Waals surface area contributed by atoms with E-state index < -0.39 is 0 Å². The summed E-state index contributed by atoms with van der Waals surface area (Å²) in [7, 11) is 0. The number of nitrogens with zero attached hydrogens (tertiary/aromatic N) is 4. The molecule has 1 aliphatic heterocycles. The number of aromatic nitrogens is 1. The number of aliphatic imine (C=N–C) groups is 1. The Labute approximate surface area is 171 Å². The number of hydrogen-bond acceptors (Lipinski definition) is 5. The van der Waals surface area contributed by atoms with Crippen LogP contribution in [0.25, 0.3) is 0 Å². The van der Waals surface area contributed by atoms with Crippen LogP contribution in [0, 0.1) is 6.92 Å². The van der Waals surface area contributed by atoms with Gasteiger partial charge >= 0.3 is 0 Å². The number of piperazine rings is 1. The highest BCUT2D eigenvalue weighted by Gasteiger charge is 2.21. The predicted octanol–water partition coefficient (Wildman–Crippen LogP) is 3.27. The van der Waals surface area contributed by atoms with Crippen molar-refractivity contribution in [3.63, 3.8) is 0 Å². The molecule has 2 aromatic rings. The number of thiazole rings is 1. The Balaban J connectivity index is 1.47. The summed E-state index contributed by atoms with van der Waals surface area (Å²) in [5.41, 5.74) is 2.04. The smallest absolute Gasteiger partial charge is 0.194 e. The van der Waals surface area contributed by atoms with Crippen LogP contribution in [0.5, 0.6) is 5.75 Å². The molecule has 0 spiro atoms. The standard InChI is InChI=1S/C21H31N5OS/c1-3-22-21(23-11-7-6-10-20-24-17(2)16-28-20)26-14-12-25(13-15-26)18-8-4-5-9-19(18)27/h4-5,8-9,16,27H,3,6-7,10-15H2,1-2H3,(H,22,23). The number of nitrogens with one attached hydrogen (secondary N) is 1. The summed E-state index contributed by atoms with van der Waals surface area (Å²) >= 11 is 1.75. The summed E-state index contributed by atoms with van der Waals surface area (Å²) in [6.07, 6.45) is 3.24. The SMILES string of the molecule is CCNC(=NCCCCc1nc(C)cs1)N1CCN(c2ccccc2O)CC1. The number of guanidine groups is 1. The van der Waals surface area contributed by atoms with Crippen molar-refractivity contribution in [2.24, 2.45) is 4.99 Å². The number of hydrogen-bond donors (Lipinski definition) is 2. The van der Waals surface area contributed by atoms with Crippen LogP contribution in [-0.4, -0.2) is 60.2 Å². The van der Waals surface area contributed by atoms with Crippen molar-refractivity contribution < 1.29 is 5.11 Å². The first kappa shape index (κ1) is 20.5. The van der Waals surface area contributed by atoms with Crippen molar-refractivity contribution in [2.75, 3.05) is 44.2 Å². The van der Waals surface area contributed by atoms with Gasteiger partial charge < -0.3 is 20.2 Å². The molecule has 152 valence electrons. The minimum atomic E-state index is 0.354. The molecule has 1 saturated heterocycles. The Morgan fingerprint density at radius 2 is 2.00 bits per heavy atom. The number of phenolic OH excluding ortho intramolecular Hbond substituents is 1. The van der Waals surface area contributed by atoms with E-state index in [1.165, 1.54) is 5.01 Å². The Morgan fingerprint density at radius 3 is 2.68 bits per heavy atom. The van der Waals surface area contributed by atoms with E-state index in [1.54, 1.807) is 17.4 Å². The molecule has 28 heavy (non-hydrogen) atoms. The van der Waals surface area contributed by atoms with Crippen molar-refractivity contribution in [3.8, 4) is 5.75 Å². The minimum absolute atomic E-state index is 0.354.